The number of alkyl halides is 3. The highest BCUT2D eigenvalue weighted by Gasteiger charge is 2.48. The average Bonchev–Trinajstić information content (AvgIpc) is 3.54. The maximum Gasteiger partial charge on any atom is 0.410 e. The Kier molecular flexibility index (Phi) is 11.1. The first kappa shape index (κ1) is 35.8. The number of amides is 2. The summed E-state index contributed by atoms with van der Waals surface area (Å²) in [6.45, 7) is 14.7. The fraction of sp³-hybridized carbons (Fsp3) is 0.733. The van der Waals surface area contributed by atoms with Gasteiger partial charge in [0.2, 0.25) is 0 Å². The van der Waals surface area contributed by atoms with E-state index in [4.69, 9.17) is 19.2 Å². The highest BCUT2D eigenvalue weighted by molar-refractivity contribution is 7.84. The summed E-state index contributed by atoms with van der Waals surface area (Å²) in [7, 11) is -1.34. The molecule has 15 heteroatoms. The van der Waals surface area contributed by atoms with Crippen LogP contribution in [0.1, 0.15) is 64.0 Å². The minimum absolute atomic E-state index is 0.00210. The van der Waals surface area contributed by atoms with Gasteiger partial charge in [0.1, 0.15) is 24.6 Å². The van der Waals surface area contributed by atoms with Crippen LogP contribution in [0.5, 0.6) is 0 Å². The Morgan fingerprint density at radius 3 is 2.44 bits per heavy atom. The molecule has 4 rings (SSSR count). The van der Waals surface area contributed by atoms with Crippen LogP contribution in [-0.2, 0) is 31.9 Å². The first-order valence-electron chi connectivity index (χ1n) is 15.4. The minimum Gasteiger partial charge on any atom is -0.382 e. The van der Waals surface area contributed by atoms with Gasteiger partial charge >= 0.3 is 12.2 Å². The molecular weight excluding hydrogens is 628 g/mol. The molecule has 1 aromatic heterocycles. The van der Waals surface area contributed by atoms with Crippen LogP contribution in [0.4, 0.5) is 18.0 Å². The molecule has 1 saturated heterocycles. The highest BCUT2D eigenvalue weighted by atomic mass is 32.2. The number of fused-ring (bicyclic) bond motifs is 1. The molecule has 2 fully saturated rings. The van der Waals surface area contributed by atoms with Gasteiger partial charge in [-0.1, -0.05) is 25.7 Å². The molecule has 2 aliphatic rings. The number of halogens is 3. The number of urea groups is 1. The summed E-state index contributed by atoms with van der Waals surface area (Å²) in [6, 6.07) is 2.29. The Bertz CT molecular complexity index is 1360. The lowest BCUT2D eigenvalue weighted by Crippen LogP contribution is -2.41. The summed E-state index contributed by atoms with van der Waals surface area (Å²) in [5.41, 5.74) is 1.89. The number of methoxy groups -OCH3 is 1. The van der Waals surface area contributed by atoms with Crippen molar-refractivity contribution in [1.29, 1.82) is 0 Å². The number of hydrogen-bond acceptors (Lipinski definition) is 6. The van der Waals surface area contributed by atoms with Crippen LogP contribution in [0.25, 0.3) is 11.0 Å². The molecule has 5 atom stereocenters. The highest BCUT2D eigenvalue weighted by Crippen LogP contribution is 2.34. The molecule has 2 heterocycles. The number of aromatic nitrogens is 2. The van der Waals surface area contributed by atoms with Gasteiger partial charge in [0.25, 0.3) is 0 Å². The van der Waals surface area contributed by atoms with E-state index in [0.717, 1.165) is 29.3 Å². The molecule has 1 saturated carbocycles. The summed E-state index contributed by atoms with van der Waals surface area (Å²) in [6.07, 6.45) is -2.84. The lowest BCUT2D eigenvalue weighted by molar-refractivity contribution is -0.150. The minimum atomic E-state index is -4.57. The number of benzene rings is 1. The Balaban J connectivity index is 1.75. The largest absolute Gasteiger partial charge is 0.410 e. The second-order valence-corrected chi connectivity index (χ2v) is 21.8. The van der Waals surface area contributed by atoms with Crippen molar-refractivity contribution in [3.05, 3.63) is 29.6 Å². The standard InChI is InChI=1S/C30H48F3N5O5SSi/c1-19(43-21-10-11-21)26(36-44(40)29(2,3)4)27-34-22-15-20(9-12-23(22)38(27)18-42-13-14-45(6,7)8)24(17-41-5)37-16-25(30(31,32)33)35-28(37)39/h9,12,15,19,21,24-26,36H,10-11,13-14,16-18H2,1-8H3,(H,35,39)/t19-,24-,25+,26+,44?/m1/s1. The van der Waals surface area contributed by atoms with Crippen molar-refractivity contribution in [2.24, 2.45) is 0 Å². The van der Waals surface area contributed by atoms with E-state index in [9.17, 15) is 22.2 Å². The van der Waals surface area contributed by atoms with Crippen molar-refractivity contribution < 1.29 is 36.4 Å². The fourth-order valence-electron chi connectivity index (χ4n) is 5.05. The Labute approximate surface area is 267 Å². The van der Waals surface area contributed by atoms with Crippen molar-refractivity contribution >= 4 is 36.1 Å². The summed E-state index contributed by atoms with van der Waals surface area (Å²) in [5.74, 6) is 0.584. The van der Waals surface area contributed by atoms with Crippen LogP contribution < -0.4 is 10.0 Å². The van der Waals surface area contributed by atoms with Gasteiger partial charge in [0.15, 0.2) is 0 Å². The van der Waals surface area contributed by atoms with Crippen molar-refractivity contribution in [2.45, 2.75) is 114 Å². The Morgan fingerprint density at radius 1 is 1.20 bits per heavy atom. The van der Waals surface area contributed by atoms with Crippen molar-refractivity contribution in [2.75, 3.05) is 26.9 Å². The monoisotopic (exact) mass is 675 g/mol. The zero-order valence-corrected chi connectivity index (χ0v) is 29.3. The molecule has 1 aliphatic heterocycles. The third kappa shape index (κ3) is 9.28. The number of hydrogen-bond donors (Lipinski definition) is 2. The molecular formula is C30H48F3N5O5SSi. The smallest absolute Gasteiger partial charge is 0.382 e. The zero-order chi connectivity index (χ0) is 33.3. The number of ether oxygens (including phenoxy) is 3. The number of carbonyl (C=O) groups excluding carboxylic acids is 1. The summed E-state index contributed by atoms with van der Waals surface area (Å²) in [5, 5.41) is 2.04. The van der Waals surface area contributed by atoms with Gasteiger partial charge in [0, 0.05) is 21.8 Å². The topological polar surface area (TPSA) is 107 Å². The van der Waals surface area contributed by atoms with Gasteiger partial charge in [-0.05, 0) is 64.3 Å². The normalized spacial score (nSPS) is 20.8. The van der Waals surface area contributed by atoms with E-state index in [-0.39, 0.29) is 25.5 Å². The molecule has 0 bridgehead atoms. The number of nitrogens with one attached hydrogen (secondary N) is 2. The molecule has 254 valence electrons. The van der Waals surface area contributed by atoms with Crippen LogP contribution in [0.15, 0.2) is 18.2 Å². The SMILES string of the molecule is COC[C@H](c1ccc2c(c1)nc([C@@H](NS(=O)C(C)(C)C)[C@@H](C)OC1CC1)n2COCC[Si](C)(C)C)N1C[C@@H](C(F)(F)F)NC1=O. The molecule has 0 radical (unpaired) electrons. The number of carbonyl (C=O) groups is 1. The first-order chi connectivity index (χ1) is 20.9. The van der Waals surface area contributed by atoms with E-state index < -0.39 is 60.7 Å². The predicted octanol–water partition coefficient (Wildman–Crippen LogP) is 5.65. The van der Waals surface area contributed by atoms with Crippen molar-refractivity contribution in [3.63, 3.8) is 0 Å². The maximum absolute atomic E-state index is 13.5. The molecule has 0 spiro atoms. The van der Waals surface area contributed by atoms with Crippen LogP contribution in [0, 0.1) is 0 Å². The summed E-state index contributed by atoms with van der Waals surface area (Å²) >= 11 is 0. The van der Waals surface area contributed by atoms with E-state index in [1.165, 1.54) is 7.11 Å². The molecule has 2 amide bonds. The third-order valence-electron chi connectivity index (χ3n) is 7.91. The van der Waals surface area contributed by atoms with E-state index >= 15 is 0 Å². The second kappa shape index (κ2) is 14.0. The molecule has 1 unspecified atom stereocenters. The predicted molar refractivity (Wildman–Crippen MR) is 171 cm³/mol. The maximum atomic E-state index is 13.5. The van der Waals surface area contributed by atoms with Gasteiger partial charge < -0.3 is 29.0 Å². The third-order valence-corrected chi connectivity index (χ3v) is 11.2. The van der Waals surface area contributed by atoms with Gasteiger partial charge in [-0.2, -0.15) is 13.2 Å². The van der Waals surface area contributed by atoms with Crippen LogP contribution in [0.3, 0.4) is 0 Å². The molecule has 10 nitrogen and oxygen atoms in total. The van der Waals surface area contributed by atoms with Gasteiger partial charge in [-0.3, -0.25) is 0 Å². The first-order valence-corrected chi connectivity index (χ1v) is 20.3. The van der Waals surface area contributed by atoms with E-state index in [0.29, 0.717) is 23.5 Å². The number of imidazole rings is 1. The van der Waals surface area contributed by atoms with Gasteiger partial charge in [-0.15, -0.1) is 0 Å². The van der Waals surface area contributed by atoms with E-state index in [1.807, 2.05) is 43.6 Å². The van der Waals surface area contributed by atoms with Gasteiger partial charge in [0.05, 0.1) is 58.2 Å². The molecule has 2 N–H and O–H groups in total. The zero-order valence-electron chi connectivity index (χ0n) is 27.5. The van der Waals surface area contributed by atoms with Crippen LogP contribution >= 0.6 is 0 Å². The average molecular weight is 676 g/mol. The summed E-state index contributed by atoms with van der Waals surface area (Å²) < 4.78 is 76.3. The Morgan fingerprint density at radius 2 is 1.89 bits per heavy atom. The van der Waals surface area contributed by atoms with Crippen molar-refractivity contribution in [1.82, 2.24) is 24.5 Å². The number of nitrogens with zero attached hydrogens (tertiary/aromatic N) is 3. The lowest BCUT2D eigenvalue weighted by atomic mass is 10.1. The van der Waals surface area contributed by atoms with Gasteiger partial charge in [-0.25, -0.2) is 18.7 Å². The lowest BCUT2D eigenvalue weighted by Gasteiger charge is -2.29. The molecule has 45 heavy (non-hydrogen) atoms. The molecule has 1 aliphatic carbocycles. The van der Waals surface area contributed by atoms with Crippen molar-refractivity contribution in [3.8, 4) is 0 Å². The molecule has 1 aromatic carbocycles. The number of rotatable bonds is 15. The quantitative estimate of drug-likeness (QED) is 0.187. The molecule has 2 aromatic rings. The summed E-state index contributed by atoms with van der Waals surface area (Å²) in [4.78, 5) is 18.8. The second-order valence-electron chi connectivity index (χ2n) is 14.2. The van der Waals surface area contributed by atoms with Crippen LogP contribution in [-0.4, -0.2) is 88.8 Å². The van der Waals surface area contributed by atoms with E-state index in [1.54, 1.807) is 12.1 Å². The fourth-order valence-corrected chi connectivity index (χ4v) is 6.69. The Hall–Kier alpha value is -2.04. The van der Waals surface area contributed by atoms with E-state index in [2.05, 4.69) is 24.4 Å². The van der Waals surface area contributed by atoms with Crippen LogP contribution in [0.2, 0.25) is 25.7 Å².